The van der Waals surface area contributed by atoms with Crippen LogP contribution in [-0.4, -0.2) is 14.0 Å². The lowest BCUT2D eigenvalue weighted by atomic mass is 9.93. The lowest BCUT2D eigenvalue weighted by Crippen LogP contribution is -2.09. The normalized spacial score (nSPS) is 17.4. The Morgan fingerprint density at radius 2 is 1.92 bits per heavy atom. The van der Waals surface area contributed by atoms with E-state index in [1.807, 2.05) is 0 Å². The summed E-state index contributed by atoms with van der Waals surface area (Å²) in [7, 11) is 5.29. The van der Waals surface area contributed by atoms with Crippen molar-refractivity contribution in [3.8, 4) is 0 Å². The summed E-state index contributed by atoms with van der Waals surface area (Å²) >= 11 is 2.99. The maximum absolute atomic E-state index is 12.2. The first-order chi connectivity index (χ1) is 5.89. The molecule has 0 N–H and O–H groups in total. The van der Waals surface area contributed by atoms with E-state index in [1.165, 1.54) is 6.08 Å². The SMILES string of the molecule is [B]C1=CC(Br)=C=CC(C(F)(F)F)=C1. The largest absolute Gasteiger partial charge is 0.416 e. The van der Waals surface area contributed by atoms with Crippen molar-refractivity contribution >= 4 is 23.8 Å². The van der Waals surface area contributed by atoms with Gasteiger partial charge in [0.25, 0.3) is 0 Å². The van der Waals surface area contributed by atoms with E-state index >= 15 is 0 Å². The Hall–Kier alpha value is -0.665. The Balaban J connectivity index is 3.16. The fourth-order valence-electron chi connectivity index (χ4n) is 0.761. The minimum absolute atomic E-state index is 0.0421. The summed E-state index contributed by atoms with van der Waals surface area (Å²) in [5.41, 5.74) is 1.63. The highest BCUT2D eigenvalue weighted by Gasteiger charge is 2.31. The third kappa shape index (κ3) is 2.94. The molecule has 1 rings (SSSR count). The van der Waals surface area contributed by atoms with Crippen LogP contribution in [0.3, 0.4) is 0 Å². The van der Waals surface area contributed by atoms with Gasteiger partial charge >= 0.3 is 6.18 Å². The van der Waals surface area contributed by atoms with Crippen LogP contribution in [0.15, 0.2) is 39.5 Å². The van der Waals surface area contributed by atoms with Crippen molar-refractivity contribution in [2.45, 2.75) is 6.18 Å². The van der Waals surface area contributed by atoms with Crippen LogP contribution in [-0.2, 0) is 0 Å². The molecule has 0 bridgehead atoms. The molecule has 1 aliphatic rings. The molecule has 66 valence electrons. The van der Waals surface area contributed by atoms with Gasteiger partial charge in [0.2, 0.25) is 0 Å². The zero-order chi connectivity index (χ0) is 10.1. The number of alkyl halides is 3. The van der Waals surface area contributed by atoms with E-state index in [4.69, 9.17) is 7.85 Å². The van der Waals surface area contributed by atoms with Crippen LogP contribution >= 0.6 is 15.9 Å². The summed E-state index contributed by atoms with van der Waals surface area (Å²) < 4.78 is 36.9. The van der Waals surface area contributed by atoms with Gasteiger partial charge in [-0.3, -0.25) is 0 Å². The molecule has 0 saturated carbocycles. The van der Waals surface area contributed by atoms with Crippen LogP contribution in [0.25, 0.3) is 0 Å². The van der Waals surface area contributed by atoms with Crippen molar-refractivity contribution in [1.29, 1.82) is 0 Å². The summed E-state index contributed by atoms with van der Waals surface area (Å²) in [6.45, 7) is 0. The minimum Gasteiger partial charge on any atom is -0.166 e. The van der Waals surface area contributed by atoms with Crippen molar-refractivity contribution in [3.63, 3.8) is 0 Å². The lowest BCUT2D eigenvalue weighted by Gasteiger charge is -2.05. The van der Waals surface area contributed by atoms with Crippen LogP contribution in [0, 0.1) is 0 Å². The second-order valence-corrected chi connectivity index (χ2v) is 3.23. The molecule has 0 unspecified atom stereocenters. The average Bonchev–Trinajstić information content (AvgIpc) is 2.09. The molecule has 0 aromatic carbocycles. The van der Waals surface area contributed by atoms with Crippen molar-refractivity contribution in [3.05, 3.63) is 39.5 Å². The van der Waals surface area contributed by atoms with Gasteiger partial charge in [0.15, 0.2) is 0 Å². The lowest BCUT2D eigenvalue weighted by molar-refractivity contribution is -0.0881. The molecule has 0 aromatic rings. The van der Waals surface area contributed by atoms with Crippen LogP contribution < -0.4 is 0 Å². The number of allylic oxidation sites excluding steroid dienone is 5. The first-order valence-corrected chi connectivity index (χ1v) is 4.07. The molecule has 13 heavy (non-hydrogen) atoms. The fraction of sp³-hybridized carbons (Fsp3) is 0.125. The summed E-state index contributed by atoms with van der Waals surface area (Å²) in [6.07, 6.45) is -1.32. The molecular formula is C8H3BBrF3. The van der Waals surface area contributed by atoms with Crippen LogP contribution in [0.2, 0.25) is 0 Å². The number of halogens is 4. The molecule has 0 heterocycles. The molecule has 0 atom stereocenters. The van der Waals surface area contributed by atoms with Gasteiger partial charge in [0.1, 0.15) is 7.85 Å². The molecule has 1 aliphatic carbocycles. The summed E-state index contributed by atoms with van der Waals surface area (Å²) in [4.78, 5) is 0. The van der Waals surface area contributed by atoms with E-state index in [0.29, 0.717) is 4.48 Å². The summed E-state index contributed by atoms with van der Waals surface area (Å²) in [5, 5.41) is 0. The first-order valence-electron chi connectivity index (χ1n) is 3.28. The molecular weight excluding hydrogens is 244 g/mol. The van der Waals surface area contributed by atoms with Gasteiger partial charge in [-0.05, 0) is 28.1 Å². The maximum atomic E-state index is 12.2. The van der Waals surface area contributed by atoms with E-state index in [2.05, 4.69) is 21.7 Å². The highest BCUT2D eigenvalue weighted by molar-refractivity contribution is 9.11. The van der Waals surface area contributed by atoms with Gasteiger partial charge in [-0.2, -0.15) is 13.2 Å². The number of rotatable bonds is 0. The van der Waals surface area contributed by atoms with Gasteiger partial charge in [0, 0.05) is 0 Å². The third-order valence-electron chi connectivity index (χ3n) is 1.31. The minimum atomic E-state index is -4.39. The molecule has 2 radical (unpaired) electrons. The van der Waals surface area contributed by atoms with E-state index in [-0.39, 0.29) is 5.47 Å². The molecule has 5 heteroatoms. The second kappa shape index (κ2) is 3.60. The highest BCUT2D eigenvalue weighted by atomic mass is 79.9. The standard InChI is InChI=1S/C8H3BBrF3/c9-6-3-5(8(11,12)13)1-2-7(10)4-6/h1,3-4H. The quantitative estimate of drug-likeness (QED) is 0.456. The number of hydrogen-bond donors (Lipinski definition) is 0. The predicted molar refractivity (Wildman–Crippen MR) is 48.5 cm³/mol. The van der Waals surface area contributed by atoms with Gasteiger partial charge in [-0.25, -0.2) is 0 Å². The maximum Gasteiger partial charge on any atom is 0.416 e. The number of hydrogen-bond acceptors (Lipinski definition) is 0. The monoisotopic (exact) mass is 246 g/mol. The summed E-state index contributed by atoms with van der Waals surface area (Å²) in [6, 6.07) is 0. The fourth-order valence-corrected chi connectivity index (χ4v) is 1.14. The van der Waals surface area contributed by atoms with Gasteiger partial charge in [-0.15, -0.1) is 5.73 Å². The molecule has 0 nitrogen and oxygen atoms in total. The average molecular weight is 247 g/mol. The smallest absolute Gasteiger partial charge is 0.166 e. The van der Waals surface area contributed by atoms with Crippen molar-refractivity contribution in [1.82, 2.24) is 0 Å². The van der Waals surface area contributed by atoms with Gasteiger partial charge < -0.3 is 0 Å². The van der Waals surface area contributed by atoms with E-state index < -0.39 is 11.7 Å². The molecule has 0 amide bonds. The third-order valence-corrected chi connectivity index (χ3v) is 1.77. The molecule has 0 fully saturated rings. The van der Waals surface area contributed by atoms with Crippen molar-refractivity contribution < 1.29 is 13.2 Å². The first kappa shape index (κ1) is 10.4. The zero-order valence-electron chi connectivity index (χ0n) is 6.32. The van der Waals surface area contributed by atoms with Crippen molar-refractivity contribution in [2.24, 2.45) is 0 Å². The summed E-state index contributed by atoms with van der Waals surface area (Å²) in [5.74, 6) is 0. The predicted octanol–water partition coefficient (Wildman–Crippen LogP) is 2.98. The van der Waals surface area contributed by atoms with E-state index in [1.54, 1.807) is 0 Å². The Morgan fingerprint density at radius 1 is 1.31 bits per heavy atom. The topological polar surface area (TPSA) is 0 Å². The van der Waals surface area contributed by atoms with E-state index in [9.17, 15) is 13.2 Å². The Labute approximate surface area is 83.0 Å². The van der Waals surface area contributed by atoms with Crippen LogP contribution in [0.4, 0.5) is 13.2 Å². The molecule has 0 aromatic heterocycles. The Bertz CT molecular complexity index is 343. The molecule has 0 spiro atoms. The van der Waals surface area contributed by atoms with E-state index in [0.717, 1.165) is 12.2 Å². The Morgan fingerprint density at radius 3 is 2.46 bits per heavy atom. The second-order valence-electron chi connectivity index (χ2n) is 2.38. The Kier molecular flexibility index (Phi) is 2.89. The van der Waals surface area contributed by atoms with Gasteiger partial charge in [0.05, 0.1) is 10.1 Å². The van der Waals surface area contributed by atoms with Crippen LogP contribution in [0.5, 0.6) is 0 Å². The van der Waals surface area contributed by atoms with Crippen LogP contribution in [0.1, 0.15) is 0 Å². The van der Waals surface area contributed by atoms with Gasteiger partial charge in [-0.1, -0.05) is 11.5 Å². The molecule has 0 saturated heterocycles. The van der Waals surface area contributed by atoms with Crippen molar-refractivity contribution in [2.75, 3.05) is 0 Å². The highest BCUT2D eigenvalue weighted by Crippen LogP contribution is 2.28. The zero-order valence-corrected chi connectivity index (χ0v) is 7.91. The molecule has 0 aliphatic heterocycles.